The molecular formula is C21H16ClF3NO2S. The van der Waals surface area contributed by atoms with Gasteiger partial charge in [0, 0.05) is 11.1 Å². The lowest BCUT2D eigenvalue weighted by Gasteiger charge is -2.32. The molecule has 1 radical (unpaired) electrons. The molecule has 0 N–H and O–H groups in total. The molecule has 1 atom stereocenters. The molecule has 0 bridgehead atoms. The lowest BCUT2D eigenvalue weighted by Crippen LogP contribution is -2.35. The standard InChI is InChI=1S/C21H16ClF3NO2S/c1-13-3-6-16(23)11-19(13)14(2)26(21-12-17(24)7-10-20(21)25)29(27,28)18-8-4-15(22)5-9-18/h3-12,14H,1H2,2H3/t14-/m1/s1. The van der Waals surface area contributed by atoms with Gasteiger partial charge in [0.2, 0.25) is 0 Å². The van der Waals surface area contributed by atoms with E-state index in [0.717, 1.165) is 28.6 Å². The zero-order valence-corrected chi connectivity index (χ0v) is 16.8. The summed E-state index contributed by atoms with van der Waals surface area (Å²) >= 11 is 5.83. The van der Waals surface area contributed by atoms with E-state index in [4.69, 9.17) is 11.6 Å². The topological polar surface area (TPSA) is 37.4 Å². The largest absolute Gasteiger partial charge is 0.264 e. The van der Waals surface area contributed by atoms with E-state index < -0.39 is 39.2 Å². The Balaban J connectivity index is 2.25. The minimum absolute atomic E-state index is 0.181. The van der Waals surface area contributed by atoms with Gasteiger partial charge in [0.25, 0.3) is 10.0 Å². The number of anilines is 1. The SMILES string of the molecule is [CH2]c1ccc(F)cc1[C@@H](C)N(c1cc(F)ccc1F)S(=O)(=O)c1ccc(Cl)cc1. The van der Waals surface area contributed by atoms with Crippen LogP contribution in [0.4, 0.5) is 18.9 Å². The molecule has 0 aromatic heterocycles. The summed E-state index contributed by atoms with van der Waals surface area (Å²) in [6.45, 7) is 5.24. The zero-order valence-electron chi connectivity index (χ0n) is 15.2. The van der Waals surface area contributed by atoms with Gasteiger partial charge in [0.1, 0.15) is 17.5 Å². The molecule has 0 fully saturated rings. The van der Waals surface area contributed by atoms with Crippen LogP contribution in [0.25, 0.3) is 0 Å². The summed E-state index contributed by atoms with van der Waals surface area (Å²) in [5, 5.41) is 0.311. The molecule has 29 heavy (non-hydrogen) atoms. The summed E-state index contributed by atoms with van der Waals surface area (Å²) in [4.78, 5) is -0.181. The van der Waals surface area contributed by atoms with E-state index >= 15 is 0 Å². The molecule has 3 aromatic rings. The number of sulfonamides is 1. The van der Waals surface area contributed by atoms with Gasteiger partial charge in [-0.1, -0.05) is 17.7 Å². The van der Waals surface area contributed by atoms with Gasteiger partial charge < -0.3 is 0 Å². The average Bonchev–Trinajstić information content (AvgIpc) is 2.66. The molecular weight excluding hydrogens is 423 g/mol. The van der Waals surface area contributed by atoms with Gasteiger partial charge in [-0.3, -0.25) is 4.31 Å². The van der Waals surface area contributed by atoms with E-state index in [1.54, 1.807) is 0 Å². The minimum Gasteiger partial charge on any atom is -0.256 e. The Labute approximate surface area is 172 Å². The molecule has 0 spiro atoms. The monoisotopic (exact) mass is 438 g/mol. The van der Waals surface area contributed by atoms with Crippen molar-refractivity contribution >= 4 is 27.3 Å². The Morgan fingerprint density at radius 1 is 0.931 bits per heavy atom. The maximum Gasteiger partial charge on any atom is 0.264 e. The van der Waals surface area contributed by atoms with Gasteiger partial charge in [-0.25, -0.2) is 21.6 Å². The van der Waals surface area contributed by atoms with Gasteiger partial charge in [-0.05, 0) is 73.5 Å². The third kappa shape index (κ3) is 4.26. The highest BCUT2D eigenvalue weighted by Crippen LogP contribution is 2.36. The fourth-order valence-corrected chi connectivity index (χ4v) is 4.76. The van der Waals surface area contributed by atoms with Crippen molar-refractivity contribution < 1.29 is 21.6 Å². The molecule has 0 aliphatic heterocycles. The smallest absolute Gasteiger partial charge is 0.256 e. The van der Waals surface area contributed by atoms with Gasteiger partial charge in [0.15, 0.2) is 0 Å². The Kier molecular flexibility index (Phi) is 5.91. The Bertz CT molecular complexity index is 1150. The predicted octanol–water partition coefficient (Wildman–Crippen LogP) is 5.90. The fraction of sp³-hybridized carbons (Fsp3) is 0.0952. The second kappa shape index (κ2) is 8.08. The van der Waals surface area contributed by atoms with Crippen LogP contribution >= 0.6 is 11.6 Å². The fourth-order valence-electron chi connectivity index (χ4n) is 3.00. The first-order chi connectivity index (χ1) is 13.6. The molecule has 151 valence electrons. The molecule has 8 heteroatoms. The first-order valence-corrected chi connectivity index (χ1v) is 10.3. The number of hydrogen-bond acceptors (Lipinski definition) is 2. The normalized spacial score (nSPS) is 12.6. The lowest BCUT2D eigenvalue weighted by atomic mass is 10.0. The Hall–Kier alpha value is -2.51. The number of halogens is 4. The number of hydrogen-bond donors (Lipinski definition) is 0. The van der Waals surface area contributed by atoms with Crippen LogP contribution in [0.3, 0.4) is 0 Å². The van der Waals surface area contributed by atoms with Gasteiger partial charge in [0.05, 0.1) is 16.6 Å². The highest BCUT2D eigenvalue weighted by molar-refractivity contribution is 7.92. The maximum atomic E-state index is 14.6. The molecule has 3 nitrogen and oxygen atoms in total. The van der Waals surface area contributed by atoms with E-state index in [-0.39, 0.29) is 10.5 Å². The zero-order chi connectivity index (χ0) is 21.3. The van der Waals surface area contributed by atoms with Crippen LogP contribution in [0.1, 0.15) is 24.1 Å². The van der Waals surface area contributed by atoms with Gasteiger partial charge in [-0.15, -0.1) is 0 Å². The molecule has 0 saturated carbocycles. The van der Waals surface area contributed by atoms with Crippen LogP contribution < -0.4 is 4.31 Å². The van der Waals surface area contributed by atoms with E-state index in [1.165, 1.54) is 43.3 Å². The summed E-state index contributed by atoms with van der Waals surface area (Å²) in [6.07, 6.45) is 0. The lowest BCUT2D eigenvalue weighted by molar-refractivity contribution is 0.568. The van der Waals surface area contributed by atoms with Crippen molar-refractivity contribution in [3.05, 3.63) is 101 Å². The van der Waals surface area contributed by atoms with Gasteiger partial charge >= 0.3 is 0 Å². The summed E-state index contributed by atoms with van der Waals surface area (Å²) < 4.78 is 69.8. The summed E-state index contributed by atoms with van der Waals surface area (Å²) in [5.41, 5.74) is 0.0642. The Morgan fingerprint density at radius 3 is 2.17 bits per heavy atom. The third-order valence-electron chi connectivity index (χ3n) is 4.43. The molecule has 0 aliphatic rings. The molecule has 0 saturated heterocycles. The van der Waals surface area contributed by atoms with E-state index in [1.807, 2.05) is 0 Å². The average molecular weight is 439 g/mol. The predicted molar refractivity (Wildman–Crippen MR) is 107 cm³/mol. The summed E-state index contributed by atoms with van der Waals surface area (Å²) in [6, 6.07) is 10.3. The molecule has 0 amide bonds. The number of benzene rings is 3. The van der Waals surface area contributed by atoms with Crippen molar-refractivity contribution in [2.24, 2.45) is 0 Å². The van der Waals surface area contributed by atoms with Crippen LogP contribution in [0.5, 0.6) is 0 Å². The van der Waals surface area contributed by atoms with E-state index in [9.17, 15) is 21.6 Å². The van der Waals surface area contributed by atoms with Crippen molar-refractivity contribution in [3.63, 3.8) is 0 Å². The summed E-state index contributed by atoms with van der Waals surface area (Å²) in [5.74, 6) is -2.38. The first kappa shape index (κ1) is 21.2. The maximum absolute atomic E-state index is 14.6. The quantitative estimate of drug-likeness (QED) is 0.497. The van der Waals surface area contributed by atoms with Crippen LogP contribution in [0.15, 0.2) is 65.6 Å². The van der Waals surface area contributed by atoms with E-state index in [2.05, 4.69) is 6.92 Å². The second-order valence-electron chi connectivity index (χ2n) is 6.37. The van der Waals surface area contributed by atoms with E-state index in [0.29, 0.717) is 10.6 Å². The Morgan fingerprint density at radius 2 is 1.52 bits per heavy atom. The first-order valence-electron chi connectivity index (χ1n) is 8.47. The molecule has 0 unspecified atom stereocenters. The molecule has 3 aromatic carbocycles. The third-order valence-corrected chi connectivity index (χ3v) is 6.58. The van der Waals surface area contributed by atoms with Gasteiger partial charge in [-0.2, -0.15) is 0 Å². The van der Waals surface area contributed by atoms with Crippen LogP contribution in [-0.4, -0.2) is 8.42 Å². The van der Waals surface area contributed by atoms with Crippen molar-refractivity contribution in [3.8, 4) is 0 Å². The minimum atomic E-state index is -4.37. The molecule has 3 rings (SSSR count). The van der Waals surface area contributed by atoms with Crippen molar-refractivity contribution in [2.45, 2.75) is 17.9 Å². The molecule has 0 aliphatic carbocycles. The van der Waals surface area contributed by atoms with Crippen molar-refractivity contribution in [1.29, 1.82) is 0 Å². The number of nitrogens with zero attached hydrogens (tertiary/aromatic N) is 1. The number of rotatable bonds is 5. The highest BCUT2D eigenvalue weighted by atomic mass is 35.5. The van der Waals surface area contributed by atoms with Crippen LogP contribution in [0, 0.1) is 24.4 Å². The second-order valence-corrected chi connectivity index (χ2v) is 8.62. The van der Waals surface area contributed by atoms with Crippen LogP contribution in [0.2, 0.25) is 5.02 Å². The molecule has 0 heterocycles. The van der Waals surface area contributed by atoms with Crippen molar-refractivity contribution in [2.75, 3.05) is 4.31 Å². The van der Waals surface area contributed by atoms with Crippen molar-refractivity contribution in [1.82, 2.24) is 0 Å². The highest BCUT2D eigenvalue weighted by Gasteiger charge is 2.33. The summed E-state index contributed by atoms with van der Waals surface area (Å²) in [7, 11) is -4.37. The van der Waals surface area contributed by atoms with Crippen LogP contribution in [-0.2, 0) is 10.0 Å².